The molecule has 0 N–H and O–H groups in total. The first kappa shape index (κ1) is 31.5. The van der Waals surface area contributed by atoms with E-state index in [1.165, 1.54) is 54.9 Å². The third-order valence-electron chi connectivity index (χ3n) is 10.7. The minimum absolute atomic E-state index is 0.587. The summed E-state index contributed by atoms with van der Waals surface area (Å²) >= 11 is 0. The first-order valence-corrected chi connectivity index (χ1v) is 18.3. The van der Waals surface area contributed by atoms with Gasteiger partial charge < -0.3 is 9.13 Å². The second-order valence-electron chi connectivity index (χ2n) is 14.2. The number of fused-ring (bicyclic) bond motifs is 6. The summed E-state index contributed by atoms with van der Waals surface area (Å²) in [4.78, 5) is 4.97. The molecule has 4 nitrogen and oxygen atoms in total. The molecule has 0 bridgehead atoms. The fraction of sp³-hybridized carbons (Fsp3) is 0.0400. The molecule has 54 heavy (non-hydrogen) atoms. The maximum absolute atomic E-state index is 10.1. The topological polar surface area (TPSA) is 46.5 Å². The van der Waals surface area contributed by atoms with Crippen molar-refractivity contribution in [2.24, 2.45) is 0 Å². The monoisotopic (exact) mass is 690 g/mol. The van der Waals surface area contributed by atoms with E-state index in [0.717, 1.165) is 44.7 Å². The largest absolute Gasteiger partial charge is 0.309 e. The maximum atomic E-state index is 10.1. The van der Waals surface area contributed by atoms with Gasteiger partial charge in [-0.25, -0.2) is 0 Å². The number of aryl methyl sites for hydroxylation is 2. The zero-order valence-corrected chi connectivity index (χ0v) is 30.0. The number of aromatic nitrogens is 3. The second kappa shape index (κ2) is 12.5. The molecule has 0 spiro atoms. The van der Waals surface area contributed by atoms with Crippen molar-refractivity contribution < 1.29 is 0 Å². The molecular formula is C50H34N4. The molecule has 10 aromatic rings. The molecule has 254 valence electrons. The molecule has 3 heterocycles. The highest BCUT2D eigenvalue weighted by Crippen LogP contribution is 2.40. The van der Waals surface area contributed by atoms with E-state index >= 15 is 0 Å². The van der Waals surface area contributed by atoms with Crippen molar-refractivity contribution in [3.63, 3.8) is 0 Å². The van der Waals surface area contributed by atoms with Gasteiger partial charge in [0.15, 0.2) is 0 Å². The lowest BCUT2D eigenvalue weighted by molar-refractivity contribution is 1.14. The molecule has 10 rings (SSSR count). The number of pyridine rings is 1. The van der Waals surface area contributed by atoms with Crippen LogP contribution >= 0.6 is 0 Å². The molecule has 0 aliphatic heterocycles. The van der Waals surface area contributed by atoms with E-state index in [2.05, 4.69) is 181 Å². The summed E-state index contributed by atoms with van der Waals surface area (Å²) in [5, 5.41) is 14.9. The zero-order chi connectivity index (χ0) is 36.3. The van der Waals surface area contributed by atoms with Gasteiger partial charge in [-0.2, -0.15) is 5.26 Å². The molecule has 7 aromatic carbocycles. The Morgan fingerprint density at radius 1 is 0.463 bits per heavy atom. The summed E-state index contributed by atoms with van der Waals surface area (Å²) in [6, 6.07) is 60.6. The predicted octanol–water partition coefficient (Wildman–Crippen LogP) is 12.8. The van der Waals surface area contributed by atoms with Gasteiger partial charge in [0, 0.05) is 39.0 Å². The summed E-state index contributed by atoms with van der Waals surface area (Å²) in [7, 11) is 0. The lowest BCUT2D eigenvalue weighted by atomic mass is 10.0. The number of nitrogens with zero attached hydrogens (tertiary/aromatic N) is 4. The third kappa shape index (κ3) is 5.10. The number of rotatable bonds is 5. The Labute approximate surface area is 313 Å². The Bertz CT molecular complexity index is 3150. The Morgan fingerprint density at radius 2 is 1.02 bits per heavy atom. The Morgan fingerprint density at radius 3 is 1.63 bits per heavy atom. The highest BCUT2D eigenvalue weighted by molar-refractivity contribution is 6.12. The van der Waals surface area contributed by atoms with E-state index in [4.69, 9.17) is 4.98 Å². The van der Waals surface area contributed by atoms with Crippen LogP contribution in [0.15, 0.2) is 170 Å². The van der Waals surface area contributed by atoms with Crippen molar-refractivity contribution in [3.05, 3.63) is 187 Å². The fourth-order valence-corrected chi connectivity index (χ4v) is 8.20. The van der Waals surface area contributed by atoms with Gasteiger partial charge in [-0.15, -0.1) is 0 Å². The standard InChI is InChI=1S/C50H34N4/c1-32-9-7-11-35(25-32)37-18-21-48-42(28-37)40-13-3-5-15-46(40)53(48)39-23-24-52-45(30-39)44-27-34(31-51)17-20-50(44)54-47-16-6-4-14-41(47)43-29-38(19-22-49(43)54)36-12-8-10-33(2)26-36/h3-30H,1-2H3. The van der Waals surface area contributed by atoms with E-state index in [-0.39, 0.29) is 0 Å². The van der Waals surface area contributed by atoms with Gasteiger partial charge in [0.1, 0.15) is 0 Å². The van der Waals surface area contributed by atoms with Crippen molar-refractivity contribution >= 4 is 43.6 Å². The third-order valence-corrected chi connectivity index (χ3v) is 10.7. The summed E-state index contributed by atoms with van der Waals surface area (Å²) in [6.07, 6.45) is 1.88. The number of hydrogen-bond acceptors (Lipinski definition) is 2. The molecule has 0 unspecified atom stereocenters. The van der Waals surface area contributed by atoms with Crippen LogP contribution in [0.4, 0.5) is 0 Å². The van der Waals surface area contributed by atoms with Crippen LogP contribution in [0.3, 0.4) is 0 Å². The van der Waals surface area contributed by atoms with E-state index in [0.29, 0.717) is 5.56 Å². The van der Waals surface area contributed by atoms with Crippen LogP contribution in [0.5, 0.6) is 0 Å². The van der Waals surface area contributed by atoms with Crippen LogP contribution in [0.25, 0.3) is 88.5 Å². The molecule has 0 saturated heterocycles. The molecular weight excluding hydrogens is 657 g/mol. The SMILES string of the molecule is Cc1cccc(-c2ccc3c(c2)c2ccccc2n3-c2ccnc(-c3cc(C#N)ccc3-n3c4ccccc4c4cc(-c5cccc(C)c5)ccc43)c2)c1. The van der Waals surface area contributed by atoms with Crippen LogP contribution in [0.2, 0.25) is 0 Å². The van der Waals surface area contributed by atoms with E-state index in [1.54, 1.807) is 0 Å². The summed E-state index contributed by atoms with van der Waals surface area (Å²) in [5.74, 6) is 0. The maximum Gasteiger partial charge on any atom is 0.0991 e. The molecule has 0 saturated carbocycles. The summed E-state index contributed by atoms with van der Waals surface area (Å²) < 4.78 is 4.65. The Kier molecular flexibility index (Phi) is 7.28. The molecule has 4 heteroatoms. The number of hydrogen-bond donors (Lipinski definition) is 0. The van der Waals surface area contributed by atoms with Gasteiger partial charge in [0.25, 0.3) is 0 Å². The average molecular weight is 691 g/mol. The van der Waals surface area contributed by atoms with Crippen LogP contribution < -0.4 is 0 Å². The molecule has 0 amide bonds. The van der Waals surface area contributed by atoms with Crippen molar-refractivity contribution in [3.8, 4) is 51.0 Å². The van der Waals surface area contributed by atoms with E-state index in [1.807, 2.05) is 18.3 Å². The molecule has 3 aromatic heterocycles. The van der Waals surface area contributed by atoms with E-state index in [9.17, 15) is 5.26 Å². The van der Waals surface area contributed by atoms with Gasteiger partial charge in [0.05, 0.1) is 45.1 Å². The highest BCUT2D eigenvalue weighted by Gasteiger charge is 2.19. The van der Waals surface area contributed by atoms with Crippen LogP contribution in [0, 0.1) is 25.2 Å². The van der Waals surface area contributed by atoms with Gasteiger partial charge >= 0.3 is 0 Å². The average Bonchev–Trinajstić information content (AvgIpc) is 3.73. The minimum atomic E-state index is 0.587. The van der Waals surface area contributed by atoms with Crippen molar-refractivity contribution in [2.45, 2.75) is 13.8 Å². The van der Waals surface area contributed by atoms with Crippen molar-refractivity contribution in [1.82, 2.24) is 14.1 Å². The highest BCUT2D eigenvalue weighted by atomic mass is 15.0. The van der Waals surface area contributed by atoms with Crippen LogP contribution in [0.1, 0.15) is 16.7 Å². The van der Waals surface area contributed by atoms with Gasteiger partial charge in [-0.1, -0.05) is 108 Å². The first-order chi connectivity index (χ1) is 26.5. The van der Waals surface area contributed by atoms with Crippen LogP contribution in [-0.2, 0) is 0 Å². The number of nitriles is 1. The Hall–Kier alpha value is -7.22. The lowest BCUT2D eigenvalue weighted by Crippen LogP contribution is -2.00. The normalized spacial score (nSPS) is 11.5. The van der Waals surface area contributed by atoms with Crippen molar-refractivity contribution in [2.75, 3.05) is 0 Å². The molecule has 0 atom stereocenters. The van der Waals surface area contributed by atoms with Gasteiger partial charge in [-0.05, 0) is 103 Å². The van der Waals surface area contributed by atoms with E-state index < -0.39 is 0 Å². The lowest BCUT2D eigenvalue weighted by Gasteiger charge is -2.15. The molecule has 0 aliphatic rings. The quantitative estimate of drug-likeness (QED) is 0.180. The van der Waals surface area contributed by atoms with Crippen LogP contribution in [-0.4, -0.2) is 14.1 Å². The first-order valence-electron chi connectivity index (χ1n) is 18.3. The van der Waals surface area contributed by atoms with Crippen molar-refractivity contribution in [1.29, 1.82) is 5.26 Å². The number of benzene rings is 7. The minimum Gasteiger partial charge on any atom is -0.309 e. The fourth-order valence-electron chi connectivity index (χ4n) is 8.20. The van der Waals surface area contributed by atoms with Gasteiger partial charge in [0.2, 0.25) is 0 Å². The molecule has 0 radical (unpaired) electrons. The Balaban J connectivity index is 1.17. The zero-order valence-electron chi connectivity index (χ0n) is 30.0. The number of para-hydroxylation sites is 2. The van der Waals surface area contributed by atoms with Gasteiger partial charge in [-0.3, -0.25) is 4.98 Å². The molecule has 0 fully saturated rings. The summed E-state index contributed by atoms with van der Waals surface area (Å²) in [6.45, 7) is 4.27. The summed E-state index contributed by atoms with van der Waals surface area (Å²) in [5.41, 5.74) is 16.0. The predicted molar refractivity (Wildman–Crippen MR) is 223 cm³/mol. The molecule has 0 aliphatic carbocycles. The smallest absolute Gasteiger partial charge is 0.0991 e. The second-order valence-corrected chi connectivity index (χ2v) is 14.2.